The lowest BCUT2D eigenvalue weighted by molar-refractivity contribution is 0.162. The molecule has 2 fully saturated rings. The van der Waals surface area contributed by atoms with Crippen molar-refractivity contribution in [2.45, 2.75) is 51.9 Å². The summed E-state index contributed by atoms with van der Waals surface area (Å²) < 4.78 is 0. The minimum Gasteiger partial charge on any atom is -0.325 e. The van der Waals surface area contributed by atoms with Crippen molar-refractivity contribution in [1.82, 2.24) is 4.90 Å². The van der Waals surface area contributed by atoms with Gasteiger partial charge in [-0.05, 0) is 61.3 Å². The van der Waals surface area contributed by atoms with E-state index in [9.17, 15) is 4.79 Å². The van der Waals surface area contributed by atoms with Gasteiger partial charge in [0.25, 0.3) is 0 Å². The molecule has 2 amide bonds. The number of hydrogen-bond donors (Lipinski definition) is 1. The standard InChI is InChI=1S/C20H29ClN2O/c1-15-2-4-16(5-3-15)14-17-10-12-23(13-11-17)20(24)22-19-8-6-18(21)7-9-19/h6-9,15-17H,2-5,10-14H2,1H3,(H,22,24). The number of piperidine rings is 1. The van der Waals surface area contributed by atoms with Crippen molar-refractivity contribution < 1.29 is 4.79 Å². The second-order valence-electron chi connectivity index (χ2n) is 7.73. The molecule has 0 aromatic heterocycles. The number of urea groups is 1. The lowest BCUT2D eigenvalue weighted by Crippen LogP contribution is -2.41. The number of anilines is 1. The highest BCUT2D eigenvalue weighted by Crippen LogP contribution is 2.35. The predicted octanol–water partition coefficient (Wildman–Crippen LogP) is 5.80. The van der Waals surface area contributed by atoms with Crippen molar-refractivity contribution in [2.24, 2.45) is 17.8 Å². The van der Waals surface area contributed by atoms with E-state index in [2.05, 4.69) is 12.2 Å². The summed E-state index contributed by atoms with van der Waals surface area (Å²) in [5.41, 5.74) is 0.808. The minimum atomic E-state index is 0.0160. The molecule has 3 rings (SSSR count). The Morgan fingerprint density at radius 1 is 1.04 bits per heavy atom. The molecule has 0 spiro atoms. The van der Waals surface area contributed by atoms with Crippen molar-refractivity contribution in [1.29, 1.82) is 0 Å². The number of carbonyl (C=O) groups excluding carboxylic acids is 1. The van der Waals surface area contributed by atoms with Crippen LogP contribution in [0.1, 0.15) is 51.9 Å². The summed E-state index contributed by atoms with van der Waals surface area (Å²) in [5.74, 6) is 2.67. The SMILES string of the molecule is CC1CCC(CC2CCN(C(=O)Nc3ccc(Cl)cc3)CC2)CC1. The summed E-state index contributed by atoms with van der Waals surface area (Å²) >= 11 is 5.88. The van der Waals surface area contributed by atoms with E-state index in [1.807, 2.05) is 17.0 Å². The first-order chi connectivity index (χ1) is 11.6. The highest BCUT2D eigenvalue weighted by Gasteiger charge is 2.26. The Kier molecular flexibility index (Phi) is 6.04. The molecule has 132 valence electrons. The molecule has 1 aliphatic heterocycles. The summed E-state index contributed by atoms with van der Waals surface area (Å²) in [6.45, 7) is 4.15. The Hall–Kier alpha value is -1.22. The molecule has 1 heterocycles. The van der Waals surface area contributed by atoms with E-state index >= 15 is 0 Å². The fraction of sp³-hybridized carbons (Fsp3) is 0.650. The van der Waals surface area contributed by atoms with Crippen LogP contribution in [-0.2, 0) is 0 Å². The number of halogens is 1. The first-order valence-electron chi connectivity index (χ1n) is 9.41. The highest BCUT2D eigenvalue weighted by atomic mass is 35.5. The van der Waals surface area contributed by atoms with Crippen LogP contribution in [0.2, 0.25) is 5.02 Å². The topological polar surface area (TPSA) is 32.3 Å². The van der Waals surface area contributed by atoms with Gasteiger partial charge >= 0.3 is 6.03 Å². The van der Waals surface area contributed by atoms with Gasteiger partial charge in [0.15, 0.2) is 0 Å². The van der Waals surface area contributed by atoms with Crippen molar-refractivity contribution in [3.8, 4) is 0 Å². The van der Waals surface area contributed by atoms with Crippen LogP contribution >= 0.6 is 11.6 Å². The number of rotatable bonds is 3. The molecule has 24 heavy (non-hydrogen) atoms. The van der Waals surface area contributed by atoms with Gasteiger partial charge in [-0.3, -0.25) is 0 Å². The van der Waals surface area contributed by atoms with Crippen LogP contribution < -0.4 is 5.32 Å². The zero-order chi connectivity index (χ0) is 16.9. The van der Waals surface area contributed by atoms with Crippen molar-refractivity contribution in [2.75, 3.05) is 18.4 Å². The van der Waals surface area contributed by atoms with Gasteiger partial charge in [0.1, 0.15) is 0 Å². The summed E-state index contributed by atoms with van der Waals surface area (Å²) in [4.78, 5) is 14.3. The van der Waals surface area contributed by atoms with E-state index < -0.39 is 0 Å². The summed E-state index contributed by atoms with van der Waals surface area (Å²) in [6, 6.07) is 7.30. The number of benzene rings is 1. The molecule has 4 heteroatoms. The molecule has 0 unspecified atom stereocenters. The lowest BCUT2D eigenvalue weighted by atomic mass is 9.77. The number of carbonyl (C=O) groups is 1. The molecule has 1 N–H and O–H groups in total. The predicted molar refractivity (Wildman–Crippen MR) is 101 cm³/mol. The van der Waals surface area contributed by atoms with Gasteiger partial charge in [-0.25, -0.2) is 4.79 Å². The number of nitrogens with one attached hydrogen (secondary N) is 1. The van der Waals surface area contributed by atoms with Gasteiger partial charge in [0, 0.05) is 23.8 Å². The number of amides is 2. The molecular formula is C20H29ClN2O. The second kappa shape index (κ2) is 8.24. The Morgan fingerprint density at radius 2 is 1.62 bits per heavy atom. The molecule has 3 nitrogen and oxygen atoms in total. The maximum Gasteiger partial charge on any atom is 0.321 e. The maximum absolute atomic E-state index is 12.4. The third-order valence-electron chi connectivity index (χ3n) is 5.80. The van der Waals surface area contributed by atoms with Crippen LogP contribution in [0.5, 0.6) is 0 Å². The van der Waals surface area contributed by atoms with E-state index in [0.717, 1.165) is 49.4 Å². The molecule has 0 radical (unpaired) electrons. The minimum absolute atomic E-state index is 0.0160. The van der Waals surface area contributed by atoms with E-state index in [1.54, 1.807) is 12.1 Å². The zero-order valence-electron chi connectivity index (χ0n) is 14.6. The van der Waals surface area contributed by atoms with Gasteiger partial charge in [-0.15, -0.1) is 0 Å². The first kappa shape index (κ1) is 17.6. The van der Waals surface area contributed by atoms with Gasteiger partial charge in [-0.1, -0.05) is 44.2 Å². The largest absolute Gasteiger partial charge is 0.325 e. The van der Waals surface area contributed by atoms with Crippen LogP contribution in [0, 0.1) is 17.8 Å². The smallest absolute Gasteiger partial charge is 0.321 e. The third kappa shape index (κ3) is 4.89. The molecule has 0 atom stereocenters. The Balaban J connectivity index is 1.41. The molecular weight excluding hydrogens is 320 g/mol. The molecule has 0 bridgehead atoms. The van der Waals surface area contributed by atoms with Crippen molar-refractivity contribution in [3.05, 3.63) is 29.3 Å². The summed E-state index contributed by atoms with van der Waals surface area (Å²) in [6.07, 6.45) is 9.33. The third-order valence-corrected chi connectivity index (χ3v) is 6.05. The normalized spacial score (nSPS) is 25.5. The molecule has 1 saturated carbocycles. The first-order valence-corrected chi connectivity index (χ1v) is 9.79. The zero-order valence-corrected chi connectivity index (χ0v) is 15.4. The Bertz CT molecular complexity index is 529. The summed E-state index contributed by atoms with van der Waals surface area (Å²) in [7, 11) is 0. The highest BCUT2D eigenvalue weighted by molar-refractivity contribution is 6.30. The quantitative estimate of drug-likeness (QED) is 0.735. The van der Waals surface area contributed by atoms with Crippen LogP contribution in [0.4, 0.5) is 10.5 Å². The molecule has 1 aliphatic carbocycles. The van der Waals surface area contributed by atoms with Gasteiger partial charge < -0.3 is 10.2 Å². The van der Waals surface area contributed by atoms with E-state index in [0.29, 0.717) is 5.02 Å². The average molecular weight is 349 g/mol. The van der Waals surface area contributed by atoms with E-state index in [4.69, 9.17) is 11.6 Å². The van der Waals surface area contributed by atoms with Gasteiger partial charge in [-0.2, -0.15) is 0 Å². The number of likely N-dealkylation sites (tertiary alicyclic amines) is 1. The van der Waals surface area contributed by atoms with Crippen LogP contribution in [0.3, 0.4) is 0 Å². The van der Waals surface area contributed by atoms with Crippen LogP contribution in [0.25, 0.3) is 0 Å². The fourth-order valence-corrected chi connectivity index (χ4v) is 4.27. The van der Waals surface area contributed by atoms with Crippen molar-refractivity contribution in [3.63, 3.8) is 0 Å². The lowest BCUT2D eigenvalue weighted by Gasteiger charge is -2.35. The summed E-state index contributed by atoms with van der Waals surface area (Å²) in [5, 5.41) is 3.65. The monoisotopic (exact) mass is 348 g/mol. The molecule has 1 aromatic rings. The van der Waals surface area contributed by atoms with Crippen LogP contribution in [-0.4, -0.2) is 24.0 Å². The van der Waals surface area contributed by atoms with Crippen molar-refractivity contribution >= 4 is 23.3 Å². The van der Waals surface area contributed by atoms with Crippen LogP contribution in [0.15, 0.2) is 24.3 Å². The molecule has 1 saturated heterocycles. The van der Waals surface area contributed by atoms with E-state index in [-0.39, 0.29) is 6.03 Å². The second-order valence-corrected chi connectivity index (χ2v) is 8.17. The maximum atomic E-state index is 12.4. The fourth-order valence-electron chi connectivity index (χ4n) is 4.14. The Labute approximate surface area is 150 Å². The average Bonchev–Trinajstić information content (AvgIpc) is 2.59. The number of hydrogen-bond acceptors (Lipinski definition) is 1. The van der Waals surface area contributed by atoms with Gasteiger partial charge in [0.05, 0.1) is 0 Å². The molecule has 1 aromatic carbocycles. The van der Waals surface area contributed by atoms with E-state index in [1.165, 1.54) is 32.1 Å². The molecule has 2 aliphatic rings. The Morgan fingerprint density at radius 3 is 2.25 bits per heavy atom. The number of nitrogens with zero attached hydrogens (tertiary/aromatic N) is 1. The van der Waals surface area contributed by atoms with Gasteiger partial charge in [0.2, 0.25) is 0 Å².